The van der Waals surface area contributed by atoms with Crippen LogP contribution >= 0.6 is 0 Å². The largest absolute Gasteiger partial charge is 0.482 e. The zero-order chi connectivity index (χ0) is 17.3. The molecule has 0 bridgehead atoms. The molecule has 0 aliphatic carbocycles. The fourth-order valence-corrected chi connectivity index (χ4v) is 2.41. The molecule has 0 aromatic heterocycles. The summed E-state index contributed by atoms with van der Waals surface area (Å²) in [5, 5.41) is 2.66. The zero-order valence-electron chi connectivity index (χ0n) is 12.9. The van der Waals surface area contributed by atoms with Gasteiger partial charge in [-0.3, -0.25) is 14.4 Å². The van der Waals surface area contributed by atoms with Gasteiger partial charge in [-0.05, 0) is 30.3 Å². The Balaban J connectivity index is 1.89. The Bertz CT molecular complexity index is 847. The zero-order valence-corrected chi connectivity index (χ0v) is 12.9. The number of anilines is 2. The van der Waals surface area contributed by atoms with Crippen LogP contribution in [0.25, 0.3) is 0 Å². The van der Waals surface area contributed by atoms with Crippen molar-refractivity contribution in [3.8, 4) is 5.75 Å². The highest BCUT2D eigenvalue weighted by Gasteiger charge is 2.23. The van der Waals surface area contributed by atoms with E-state index in [2.05, 4.69) is 5.32 Å². The van der Waals surface area contributed by atoms with Crippen molar-refractivity contribution >= 4 is 29.1 Å². The topological polar surface area (TPSA) is 102 Å². The Morgan fingerprint density at radius 3 is 2.71 bits per heavy atom. The van der Waals surface area contributed by atoms with Crippen LogP contribution in [0, 0.1) is 0 Å². The van der Waals surface area contributed by atoms with E-state index in [4.69, 9.17) is 10.5 Å². The summed E-state index contributed by atoms with van der Waals surface area (Å²) < 4.78 is 5.33. The van der Waals surface area contributed by atoms with Crippen molar-refractivity contribution in [2.24, 2.45) is 5.73 Å². The monoisotopic (exact) mass is 325 g/mol. The SMILES string of the molecule is CN1C(=O)COc2ccc(C(=O)Nc3ccccc3C(N)=O)cc21. The molecule has 0 radical (unpaired) electrons. The number of nitrogens with one attached hydrogen (secondary N) is 1. The van der Waals surface area contributed by atoms with Gasteiger partial charge < -0.3 is 20.7 Å². The quantitative estimate of drug-likeness (QED) is 0.890. The van der Waals surface area contributed by atoms with Crippen LogP contribution in [0.5, 0.6) is 5.75 Å². The van der Waals surface area contributed by atoms with Gasteiger partial charge in [-0.1, -0.05) is 12.1 Å². The number of hydrogen-bond donors (Lipinski definition) is 2. The molecular weight excluding hydrogens is 310 g/mol. The van der Waals surface area contributed by atoms with Crippen LogP contribution in [0.4, 0.5) is 11.4 Å². The van der Waals surface area contributed by atoms with Crippen molar-refractivity contribution < 1.29 is 19.1 Å². The molecule has 0 atom stereocenters. The number of fused-ring (bicyclic) bond motifs is 1. The van der Waals surface area contributed by atoms with E-state index in [1.165, 1.54) is 11.0 Å². The number of para-hydroxylation sites is 1. The number of likely N-dealkylation sites (N-methyl/N-ethyl adjacent to an activating group) is 1. The minimum atomic E-state index is -0.630. The lowest BCUT2D eigenvalue weighted by Crippen LogP contribution is -2.35. The van der Waals surface area contributed by atoms with Crippen molar-refractivity contribution in [1.29, 1.82) is 0 Å². The normalized spacial score (nSPS) is 13.0. The maximum atomic E-state index is 12.5. The lowest BCUT2D eigenvalue weighted by molar-refractivity contribution is -0.120. The number of amides is 3. The molecule has 1 aliphatic heterocycles. The minimum absolute atomic E-state index is 0.0268. The summed E-state index contributed by atoms with van der Waals surface area (Å²) in [7, 11) is 1.62. The Kier molecular flexibility index (Phi) is 3.91. The highest BCUT2D eigenvalue weighted by atomic mass is 16.5. The van der Waals surface area contributed by atoms with Crippen LogP contribution in [-0.4, -0.2) is 31.4 Å². The van der Waals surface area contributed by atoms with Gasteiger partial charge in [0.1, 0.15) is 5.75 Å². The van der Waals surface area contributed by atoms with Crippen LogP contribution in [0.15, 0.2) is 42.5 Å². The number of ether oxygens (including phenoxy) is 1. The van der Waals surface area contributed by atoms with E-state index in [0.29, 0.717) is 22.7 Å². The Morgan fingerprint density at radius 2 is 1.96 bits per heavy atom. The second-order valence-electron chi connectivity index (χ2n) is 5.29. The number of benzene rings is 2. The first-order chi connectivity index (χ1) is 11.5. The molecule has 0 fully saturated rings. The molecule has 2 aromatic rings. The van der Waals surface area contributed by atoms with Gasteiger partial charge in [-0.15, -0.1) is 0 Å². The molecular formula is C17H15N3O4. The lowest BCUT2D eigenvalue weighted by Gasteiger charge is -2.26. The highest BCUT2D eigenvalue weighted by Crippen LogP contribution is 2.32. The van der Waals surface area contributed by atoms with Gasteiger partial charge in [0.15, 0.2) is 6.61 Å². The van der Waals surface area contributed by atoms with E-state index in [-0.39, 0.29) is 18.1 Å². The molecule has 2 aromatic carbocycles. The van der Waals surface area contributed by atoms with E-state index in [9.17, 15) is 14.4 Å². The summed E-state index contributed by atoms with van der Waals surface area (Å²) >= 11 is 0. The van der Waals surface area contributed by atoms with E-state index in [0.717, 1.165) is 0 Å². The molecule has 1 aliphatic rings. The number of primary amides is 1. The van der Waals surface area contributed by atoms with Crippen LogP contribution in [-0.2, 0) is 4.79 Å². The maximum absolute atomic E-state index is 12.5. The smallest absolute Gasteiger partial charge is 0.264 e. The number of carbonyl (C=O) groups excluding carboxylic acids is 3. The van der Waals surface area contributed by atoms with Gasteiger partial charge >= 0.3 is 0 Å². The molecule has 0 unspecified atom stereocenters. The molecule has 3 rings (SSSR count). The van der Waals surface area contributed by atoms with Crippen molar-refractivity contribution in [1.82, 2.24) is 0 Å². The third-order valence-corrected chi connectivity index (χ3v) is 3.75. The molecule has 122 valence electrons. The van der Waals surface area contributed by atoms with Crippen LogP contribution < -0.4 is 20.7 Å². The van der Waals surface area contributed by atoms with E-state index in [1.54, 1.807) is 43.4 Å². The van der Waals surface area contributed by atoms with E-state index < -0.39 is 11.8 Å². The number of nitrogens with two attached hydrogens (primary N) is 1. The second-order valence-corrected chi connectivity index (χ2v) is 5.29. The molecule has 7 nitrogen and oxygen atoms in total. The van der Waals surface area contributed by atoms with Crippen molar-refractivity contribution in [3.05, 3.63) is 53.6 Å². The number of nitrogens with zero attached hydrogens (tertiary/aromatic N) is 1. The van der Waals surface area contributed by atoms with E-state index >= 15 is 0 Å². The van der Waals surface area contributed by atoms with Crippen molar-refractivity contribution in [2.75, 3.05) is 23.9 Å². The van der Waals surface area contributed by atoms with Gasteiger partial charge in [0.25, 0.3) is 17.7 Å². The predicted molar refractivity (Wildman–Crippen MR) is 88.3 cm³/mol. The molecule has 0 saturated carbocycles. The lowest BCUT2D eigenvalue weighted by atomic mass is 10.1. The van der Waals surface area contributed by atoms with Crippen LogP contribution in [0.2, 0.25) is 0 Å². The minimum Gasteiger partial charge on any atom is -0.482 e. The Labute approximate surface area is 138 Å². The Morgan fingerprint density at radius 1 is 1.21 bits per heavy atom. The summed E-state index contributed by atoms with van der Waals surface area (Å²) in [5.41, 5.74) is 6.70. The average Bonchev–Trinajstić information content (AvgIpc) is 2.58. The first-order valence-corrected chi connectivity index (χ1v) is 7.21. The fraction of sp³-hybridized carbons (Fsp3) is 0.118. The summed E-state index contributed by atoms with van der Waals surface area (Å²) in [5.74, 6) is -0.710. The highest BCUT2D eigenvalue weighted by molar-refractivity contribution is 6.09. The Hall–Kier alpha value is -3.35. The maximum Gasteiger partial charge on any atom is 0.264 e. The molecule has 0 spiro atoms. The number of carbonyl (C=O) groups is 3. The first kappa shape index (κ1) is 15.5. The van der Waals surface area contributed by atoms with Gasteiger partial charge in [0.05, 0.1) is 16.9 Å². The third kappa shape index (κ3) is 2.79. The molecule has 3 N–H and O–H groups in total. The van der Waals surface area contributed by atoms with Gasteiger partial charge in [-0.25, -0.2) is 0 Å². The van der Waals surface area contributed by atoms with Gasteiger partial charge in [-0.2, -0.15) is 0 Å². The standard InChI is InChI=1S/C17H15N3O4/c1-20-13-8-10(6-7-14(13)24-9-15(20)21)17(23)19-12-5-3-2-4-11(12)16(18)22/h2-8H,9H2,1H3,(H2,18,22)(H,19,23). The number of rotatable bonds is 3. The molecule has 1 heterocycles. The molecule has 3 amide bonds. The summed E-state index contributed by atoms with van der Waals surface area (Å²) in [4.78, 5) is 37.0. The molecule has 0 saturated heterocycles. The summed E-state index contributed by atoms with van der Waals surface area (Å²) in [6.45, 7) is -0.0268. The van der Waals surface area contributed by atoms with Gasteiger partial charge in [0.2, 0.25) is 0 Å². The third-order valence-electron chi connectivity index (χ3n) is 3.75. The summed E-state index contributed by atoms with van der Waals surface area (Å²) in [6.07, 6.45) is 0. The van der Waals surface area contributed by atoms with Crippen LogP contribution in [0.3, 0.4) is 0 Å². The predicted octanol–water partition coefficient (Wildman–Crippen LogP) is 1.39. The number of hydrogen-bond acceptors (Lipinski definition) is 4. The fourth-order valence-electron chi connectivity index (χ4n) is 2.41. The van der Waals surface area contributed by atoms with Crippen molar-refractivity contribution in [2.45, 2.75) is 0 Å². The van der Waals surface area contributed by atoms with Crippen molar-refractivity contribution in [3.63, 3.8) is 0 Å². The average molecular weight is 325 g/mol. The molecule has 24 heavy (non-hydrogen) atoms. The summed E-state index contributed by atoms with van der Waals surface area (Å²) in [6, 6.07) is 11.3. The second kappa shape index (κ2) is 6.04. The van der Waals surface area contributed by atoms with Crippen LogP contribution in [0.1, 0.15) is 20.7 Å². The first-order valence-electron chi connectivity index (χ1n) is 7.21. The van der Waals surface area contributed by atoms with E-state index in [1.807, 2.05) is 0 Å². The van der Waals surface area contributed by atoms with Gasteiger partial charge in [0, 0.05) is 12.6 Å². The molecule has 7 heteroatoms.